The molecule has 4 nitrogen and oxygen atoms in total. The lowest BCUT2D eigenvalue weighted by molar-refractivity contribution is -0.167. The van der Waals surface area contributed by atoms with Crippen LogP contribution in [-0.2, 0) is 14.3 Å². The number of unbranched alkanes of at least 4 members (excludes halogenated alkanes) is 2. The van der Waals surface area contributed by atoms with Crippen LogP contribution < -0.4 is 0 Å². The molecule has 0 aliphatic carbocycles. The molecule has 0 saturated heterocycles. The Balaban J connectivity index is 4.44. The van der Waals surface area contributed by atoms with Crippen molar-refractivity contribution in [2.45, 2.75) is 46.5 Å². The summed E-state index contributed by atoms with van der Waals surface area (Å²) < 4.78 is 4.78. The van der Waals surface area contributed by atoms with Gasteiger partial charge in [0, 0.05) is 0 Å². The molecule has 0 unspecified atom stereocenters. The maximum Gasteiger partial charge on any atom is 0.323 e. The van der Waals surface area contributed by atoms with Crippen molar-refractivity contribution in [1.29, 1.82) is 0 Å². The molecule has 88 valence electrons. The Kier molecular flexibility index (Phi) is 5.97. The molecule has 0 aromatic heterocycles. The van der Waals surface area contributed by atoms with Gasteiger partial charge in [-0.2, -0.15) is 0 Å². The minimum atomic E-state index is -1.38. The van der Waals surface area contributed by atoms with Gasteiger partial charge in [0.05, 0.1) is 6.61 Å². The summed E-state index contributed by atoms with van der Waals surface area (Å²) in [5.41, 5.74) is -1.38. The molecule has 0 aliphatic heterocycles. The molecule has 1 atom stereocenters. The Morgan fingerprint density at radius 2 is 1.87 bits per heavy atom. The fourth-order valence-electron chi connectivity index (χ4n) is 1.32. The first kappa shape index (κ1) is 13.9. The SMILES string of the molecule is CCCCC[C@](C)(C(=O)O)C(=O)OCC. The second-order valence-corrected chi connectivity index (χ2v) is 3.81. The van der Waals surface area contributed by atoms with E-state index in [9.17, 15) is 9.59 Å². The van der Waals surface area contributed by atoms with Crippen molar-refractivity contribution >= 4 is 11.9 Å². The predicted molar refractivity (Wildman–Crippen MR) is 56.5 cm³/mol. The number of carboxylic acids is 1. The highest BCUT2D eigenvalue weighted by Gasteiger charge is 2.42. The van der Waals surface area contributed by atoms with Crippen molar-refractivity contribution in [3.05, 3.63) is 0 Å². The summed E-state index contributed by atoms with van der Waals surface area (Å²) >= 11 is 0. The summed E-state index contributed by atoms with van der Waals surface area (Å²) in [5, 5.41) is 9.03. The van der Waals surface area contributed by atoms with Gasteiger partial charge in [0.25, 0.3) is 0 Å². The van der Waals surface area contributed by atoms with Crippen LogP contribution in [0.25, 0.3) is 0 Å². The molecule has 0 saturated carbocycles. The van der Waals surface area contributed by atoms with Crippen LogP contribution in [0.4, 0.5) is 0 Å². The van der Waals surface area contributed by atoms with E-state index in [2.05, 4.69) is 0 Å². The number of hydrogen-bond acceptors (Lipinski definition) is 3. The van der Waals surface area contributed by atoms with Gasteiger partial charge >= 0.3 is 11.9 Å². The Morgan fingerprint density at radius 3 is 2.27 bits per heavy atom. The van der Waals surface area contributed by atoms with Gasteiger partial charge in [-0.15, -0.1) is 0 Å². The zero-order chi connectivity index (χ0) is 11.9. The van der Waals surface area contributed by atoms with Crippen LogP contribution in [0.5, 0.6) is 0 Å². The van der Waals surface area contributed by atoms with E-state index in [1.54, 1.807) is 6.92 Å². The van der Waals surface area contributed by atoms with Crippen molar-refractivity contribution in [3.63, 3.8) is 0 Å². The molecule has 0 amide bonds. The van der Waals surface area contributed by atoms with E-state index in [-0.39, 0.29) is 6.61 Å². The second-order valence-electron chi connectivity index (χ2n) is 3.81. The van der Waals surface area contributed by atoms with Gasteiger partial charge in [-0.25, -0.2) is 0 Å². The molecule has 0 radical (unpaired) electrons. The van der Waals surface area contributed by atoms with E-state index in [1.165, 1.54) is 6.92 Å². The molecule has 1 N–H and O–H groups in total. The van der Waals surface area contributed by atoms with Crippen LogP contribution in [0.3, 0.4) is 0 Å². The van der Waals surface area contributed by atoms with Crippen molar-refractivity contribution in [1.82, 2.24) is 0 Å². The van der Waals surface area contributed by atoms with Crippen LogP contribution >= 0.6 is 0 Å². The highest BCUT2D eigenvalue weighted by Crippen LogP contribution is 2.26. The van der Waals surface area contributed by atoms with Gasteiger partial charge in [0.1, 0.15) is 0 Å². The molecular weight excluding hydrogens is 196 g/mol. The normalized spacial score (nSPS) is 14.3. The molecule has 15 heavy (non-hydrogen) atoms. The maximum absolute atomic E-state index is 11.5. The van der Waals surface area contributed by atoms with Gasteiger partial charge in [0.2, 0.25) is 0 Å². The first-order valence-electron chi connectivity index (χ1n) is 5.39. The third kappa shape index (κ3) is 3.90. The number of hydrogen-bond donors (Lipinski definition) is 1. The summed E-state index contributed by atoms with van der Waals surface area (Å²) in [5.74, 6) is -1.73. The molecule has 0 spiro atoms. The summed E-state index contributed by atoms with van der Waals surface area (Å²) in [6.45, 7) is 5.35. The molecule has 0 aromatic rings. The number of esters is 1. The zero-order valence-electron chi connectivity index (χ0n) is 9.71. The summed E-state index contributed by atoms with van der Waals surface area (Å²) in [7, 11) is 0. The van der Waals surface area contributed by atoms with E-state index in [0.717, 1.165) is 19.3 Å². The Hall–Kier alpha value is -1.06. The molecule has 0 aromatic carbocycles. The lowest BCUT2D eigenvalue weighted by atomic mass is 9.85. The highest BCUT2D eigenvalue weighted by molar-refractivity contribution is 5.98. The van der Waals surface area contributed by atoms with E-state index in [1.807, 2.05) is 6.92 Å². The van der Waals surface area contributed by atoms with Crippen molar-refractivity contribution in [2.24, 2.45) is 5.41 Å². The van der Waals surface area contributed by atoms with E-state index >= 15 is 0 Å². The third-order valence-corrected chi connectivity index (χ3v) is 2.48. The molecule has 0 aliphatic rings. The highest BCUT2D eigenvalue weighted by atomic mass is 16.5. The van der Waals surface area contributed by atoms with Crippen LogP contribution in [0.15, 0.2) is 0 Å². The standard InChI is InChI=1S/C11H20O4/c1-4-6-7-8-11(3,9(12)13)10(14)15-5-2/h4-8H2,1-3H3,(H,12,13)/t11-/m1/s1. The summed E-state index contributed by atoms with van der Waals surface area (Å²) in [6.07, 6.45) is 3.01. The van der Waals surface area contributed by atoms with Gasteiger partial charge in [-0.1, -0.05) is 26.2 Å². The molecule has 0 bridgehead atoms. The number of aliphatic carboxylic acids is 1. The number of rotatable bonds is 7. The first-order valence-corrected chi connectivity index (χ1v) is 5.39. The molecule has 4 heteroatoms. The fourth-order valence-corrected chi connectivity index (χ4v) is 1.32. The fraction of sp³-hybridized carbons (Fsp3) is 0.818. The lowest BCUT2D eigenvalue weighted by Crippen LogP contribution is -2.37. The maximum atomic E-state index is 11.5. The van der Waals surface area contributed by atoms with Gasteiger partial charge in [-0.3, -0.25) is 9.59 Å². The van der Waals surface area contributed by atoms with Crippen LogP contribution in [-0.4, -0.2) is 23.7 Å². The summed E-state index contributed by atoms with van der Waals surface area (Å²) in [4.78, 5) is 22.5. The average molecular weight is 216 g/mol. The molecular formula is C11H20O4. The van der Waals surface area contributed by atoms with Crippen LogP contribution in [0, 0.1) is 5.41 Å². The van der Waals surface area contributed by atoms with Crippen LogP contribution in [0.1, 0.15) is 46.5 Å². The number of carbonyl (C=O) groups is 2. The Morgan fingerprint density at radius 1 is 1.27 bits per heavy atom. The topological polar surface area (TPSA) is 63.6 Å². The number of ether oxygens (including phenoxy) is 1. The van der Waals surface area contributed by atoms with E-state index in [0.29, 0.717) is 6.42 Å². The van der Waals surface area contributed by atoms with Gasteiger partial charge in [-0.05, 0) is 20.3 Å². The Labute approximate surface area is 90.6 Å². The van der Waals surface area contributed by atoms with Crippen molar-refractivity contribution in [2.75, 3.05) is 6.61 Å². The Bertz CT molecular complexity index is 225. The van der Waals surface area contributed by atoms with Crippen LogP contribution in [0.2, 0.25) is 0 Å². The first-order chi connectivity index (χ1) is 6.99. The predicted octanol–water partition coefficient (Wildman–Crippen LogP) is 2.22. The number of carbonyl (C=O) groups excluding carboxylic acids is 1. The van der Waals surface area contributed by atoms with Crippen molar-refractivity contribution in [3.8, 4) is 0 Å². The van der Waals surface area contributed by atoms with E-state index < -0.39 is 17.4 Å². The second kappa shape index (κ2) is 6.43. The van der Waals surface area contributed by atoms with E-state index in [4.69, 9.17) is 9.84 Å². The third-order valence-electron chi connectivity index (χ3n) is 2.48. The minimum Gasteiger partial charge on any atom is -0.480 e. The summed E-state index contributed by atoms with van der Waals surface area (Å²) in [6, 6.07) is 0. The molecule has 0 rings (SSSR count). The molecule has 0 fully saturated rings. The van der Waals surface area contributed by atoms with Crippen molar-refractivity contribution < 1.29 is 19.4 Å². The van der Waals surface area contributed by atoms with Gasteiger partial charge in [0.15, 0.2) is 5.41 Å². The minimum absolute atomic E-state index is 0.218. The average Bonchev–Trinajstić information content (AvgIpc) is 2.18. The number of carboxylic acid groups (broad SMARTS) is 1. The monoisotopic (exact) mass is 216 g/mol. The van der Waals surface area contributed by atoms with Gasteiger partial charge < -0.3 is 9.84 Å². The smallest absolute Gasteiger partial charge is 0.323 e. The lowest BCUT2D eigenvalue weighted by Gasteiger charge is -2.22. The molecule has 0 heterocycles. The zero-order valence-corrected chi connectivity index (χ0v) is 9.71. The largest absolute Gasteiger partial charge is 0.480 e. The quantitative estimate of drug-likeness (QED) is 0.402.